The normalized spacial score (nSPS) is 13.1. The van der Waals surface area contributed by atoms with Gasteiger partial charge in [0.1, 0.15) is 5.84 Å². The molecule has 1 aromatic heterocycles. The number of hydrogen-bond acceptors (Lipinski definition) is 5. The van der Waals surface area contributed by atoms with E-state index in [1.165, 1.54) is 6.20 Å². The molecule has 1 heterocycles. The Morgan fingerprint density at radius 1 is 1.45 bits per heavy atom. The average Bonchev–Trinajstić information content (AvgIpc) is 2.41. The summed E-state index contributed by atoms with van der Waals surface area (Å²) in [6.45, 7) is 0.898. The third-order valence-corrected chi connectivity index (χ3v) is 2.43. The van der Waals surface area contributed by atoms with Crippen LogP contribution in [-0.2, 0) is 11.2 Å². The minimum absolute atomic E-state index is 0.103. The number of nitrogens with two attached hydrogens (primary N) is 2. The Morgan fingerprint density at radius 2 is 2.18 bits per heavy atom. The second-order valence-corrected chi connectivity index (χ2v) is 4.27. The Hall–Kier alpha value is -2.51. The number of aliphatic imine (C=N–C) groups is 1. The van der Waals surface area contributed by atoms with Crippen molar-refractivity contribution in [1.29, 1.82) is 0 Å². The summed E-state index contributed by atoms with van der Waals surface area (Å²) < 4.78 is 27.9. The topological polar surface area (TPSA) is 99.4 Å². The predicted molar refractivity (Wildman–Crippen MR) is 81.4 cm³/mol. The zero-order chi connectivity index (χ0) is 16.5. The van der Waals surface area contributed by atoms with Crippen molar-refractivity contribution < 1.29 is 13.5 Å². The van der Waals surface area contributed by atoms with Gasteiger partial charge in [0, 0.05) is 6.08 Å². The standard InChI is InChI=1S/C14H19F2N5O/c1-3-5-9-10(6-4-2)20-13(8-19-9)21-11(17)7-12(18)22-14(15)16/h3,5,7-8,14H,4,6,18H2,1-2H3,(H2,17,20,21)/b5-3-,12-7+. The molecule has 0 radical (unpaired) electrons. The van der Waals surface area contributed by atoms with Gasteiger partial charge in [0.2, 0.25) is 0 Å². The van der Waals surface area contributed by atoms with Crippen LogP contribution >= 0.6 is 0 Å². The van der Waals surface area contributed by atoms with Crippen LogP contribution in [0.1, 0.15) is 31.7 Å². The van der Waals surface area contributed by atoms with Gasteiger partial charge in [-0.3, -0.25) is 4.98 Å². The van der Waals surface area contributed by atoms with E-state index in [1.54, 1.807) is 0 Å². The maximum absolute atomic E-state index is 12.0. The van der Waals surface area contributed by atoms with Crippen molar-refractivity contribution in [3.63, 3.8) is 0 Å². The third kappa shape index (κ3) is 5.86. The molecule has 0 saturated heterocycles. The first-order valence-corrected chi connectivity index (χ1v) is 6.71. The molecule has 6 nitrogen and oxygen atoms in total. The number of ether oxygens (including phenoxy) is 1. The summed E-state index contributed by atoms with van der Waals surface area (Å²) in [6, 6.07) is 0. The molecule has 0 aliphatic rings. The number of aromatic nitrogens is 2. The van der Waals surface area contributed by atoms with Crippen LogP contribution in [-0.4, -0.2) is 22.4 Å². The minimum atomic E-state index is -3.01. The number of amidine groups is 1. The van der Waals surface area contributed by atoms with Crippen molar-refractivity contribution in [3.8, 4) is 0 Å². The quantitative estimate of drug-likeness (QED) is 0.458. The summed E-state index contributed by atoms with van der Waals surface area (Å²) in [5.74, 6) is -0.354. The van der Waals surface area contributed by atoms with E-state index >= 15 is 0 Å². The van der Waals surface area contributed by atoms with Gasteiger partial charge in [-0.15, -0.1) is 0 Å². The number of hydrogen-bond donors (Lipinski definition) is 2. The second kappa shape index (κ2) is 8.71. The minimum Gasteiger partial charge on any atom is -0.419 e. The molecule has 120 valence electrons. The van der Waals surface area contributed by atoms with Crippen LogP contribution in [0.3, 0.4) is 0 Å². The third-order valence-electron chi connectivity index (χ3n) is 2.43. The number of allylic oxidation sites excluding steroid dienone is 1. The van der Waals surface area contributed by atoms with E-state index in [0.29, 0.717) is 0 Å². The van der Waals surface area contributed by atoms with E-state index in [0.717, 1.165) is 30.3 Å². The first-order chi connectivity index (χ1) is 10.5. The van der Waals surface area contributed by atoms with Gasteiger partial charge in [-0.25, -0.2) is 9.98 Å². The number of halogens is 2. The molecule has 0 fully saturated rings. The van der Waals surface area contributed by atoms with E-state index in [1.807, 2.05) is 26.0 Å². The molecule has 0 aliphatic heterocycles. The number of alkyl halides is 2. The van der Waals surface area contributed by atoms with Crippen molar-refractivity contribution in [3.05, 3.63) is 35.6 Å². The monoisotopic (exact) mass is 311 g/mol. The molecule has 4 N–H and O–H groups in total. The van der Waals surface area contributed by atoms with Gasteiger partial charge in [0.05, 0.1) is 17.6 Å². The maximum atomic E-state index is 12.0. The van der Waals surface area contributed by atoms with Crippen LogP contribution in [0.25, 0.3) is 6.08 Å². The van der Waals surface area contributed by atoms with Gasteiger partial charge in [-0.1, -0.05) is 19.4 Å². The fourth-order valence-electron chi connectivity index (χ4n) is 1.65. The molecule has 0 amide bonds. The molecule has 0 spiro atoms. The van der Waals surface area contributed by atoms with Crippen LogP contribution in [0.5, 0.6) is 0 Å². The Bertz CT molecular complexity index is 585. The zero-order valence-electron chi connectivity index (χ0n) is 12.5. The second-order valence-electron chi connectivity index (χ2n) is 4.27. The molecule has 0 atom stereocenters. The Morgan fingerprint density at radius 3 is 2.77 bits per heavy atom. The van der Waals surface area contributed by atoms with Crippen molar-refractivity contribution in [2.45, 2.75) is 33.3 Å². The molecule has 1 rings (SSSR count). The highest BCUT2D eigenvalue weighted by atomic mass is 19.3. The highest BCUT2D eigenvalue weighted by Gasteiger charge is 2.06. The summed E-state index contributed by atoms with van der Waals surface area (Å²) in [4.78, 5) is 12.6. The molecular formula is C14H19F2N5O. The lowest BCUT2D eigenvalue weighted by atomic mass is 10.2. The first-order valence-electron chi connectivity index (χ1n) is 6.71. The zero-order valence-corrected chi connectivity index (χ0v) is 12.5. The lowest BCUT2D eigenvalue weighted by Gasteiger charge is -2.05. The van der Waals surface area contributed by atoms with Gasteiger partial charge in [-0.05, 0) is 19.4 Å². The van der Waals surface area contributed by atoms with E-state index in [9.17, 15) is 8.78 Å². The molecule has 1 aromatic rings. The molecular weight excluding hydrogens is 292 g/mol. The van der Waals surface area contributed by atoms with Crippen LogP contribution in [0.2, 0.25) is 0 Å². The molecule has 0 aromatic carbocycles. The van der Waals surface area contributed by atoms with Crippen LogP contribution < -0.4 is 11.5 Å². The maximum Gasteiger partial charge on any atom is 0.388 e. The molecule has 8 heteroatoms. The lowest BCUT2D eigenvalue weighted by Crippen LogP contribution is -2.14. The largest absolute Gasteiger partial charge is 0.419 e. The van der Waals surface area contributed by atoms with Gasteiger partial charge < -0.3 is 16.2 Å². The van der Waals surface area contributed by atoms with Gasteiger partial charge in [-0.2, -0.15) is 8.78 Å². The SMILES string of the molecule is C/C=C\c1ncc(N=C(N)/C=C(\N)OC(F)F)nc1CCC. The molecule has 22 heavy (non-hydrogen) atoms. The van der Waals surface area contributed by atoms with Gasteiger partial charge in [0.15, 0.2) is 11.7 Å². The molecule has 0 aliphatic carbocycles. The first kappa shape index (κ1) is 17.5. The highest BCUT2D eigenvalue weighted by Crippen LogP contribution is 2.14. The van der Waals surface area contributed by atoms with Crippen LogP contribution in [0.4, 0.5) is 14.6 Å². The van der Waals surface area contributed by atoms with Gasteiger partial charge >= 0.3 is 6.61 Å². The van der Waals surface area contributed by atoms with Gasteiger partial charge in [0.25, 0.3) is 0 Å². The number of rotatable bonds is 7. The lowest BCUT2D eigenvalue weighted by molar-refractivity contribution is -0.0966. The average molecular weight is 311 g/mol. The Balaban J connectivity index is 3.01. The van der Waals surface area contributed by atoms with Crippen LogP contribution in [0.15, 0.2) is 29.2 Å². The summed E-state index contributed by atoms with van der Waals surface area (Å²) in [6.07, 6.45) is 7.79. The Labute approximate surface area is 127 Å². The van der Waals surface area contributed by atoms with Crippen molar-refractivity contribution >= 4 is 17.7 Å². The van der Waals surface area contributed by atoms with E-state index in [4.69, 9.17) is 11.5 Å². The smallest absolute Gasteiger partial charge is 0.388 e. The Kier molecular flexibility index (Phi) is 6.94. The van der Waals surface area contributed by atoms with E-state index in [-0.39, 0.29) is 11.7 Å². The summed E-state index contributed by atoms with van der Waals surface area (Å²) >= 11 is 0. The van der Waals surface area contributed by atoms with Crippen LogP contribution in [0, 0.1) is 0 Å². The predicted octanol–water partition coefficient (Wildman–Crippen LogP) is 2.49. The summed E-state index contributed by atoms with van der Waals surface area (Å²) in [7, 11) is 0. The summed E-state index contributed by atoms with van der Waals surface area (Å²) in [5, 5.41) is 0. The van der Waals surface area contributed by atoms with E-state index in [2.05, 4.69) is 19.7 Å². The molecule has 0 saturated carbocycles. The molecule has 0 bridgehead atoms. The molecule has 0 unspecified atom stereocenters. The highest BCUT2D eigenvalue weighted by molar-refractivity contribution is 5.93. The summed E-state index contributed by atoms with van der Waals surface area (Å²) in [5.41, 5.74) is 12.4. The number of aryl methyl sites for hydroxylation is 1. The fourth-order valence-corrected chi connectivity index (χ4v) is 1.65. The van der Waals surface area contributed by atoms with Crippen molar-refractivity contribution in [2.75, 3.05) is 0 Å². The van der Waals surface area contributed by atoms with Crippen molar-refractivity contribution in [1.82, 2.24) is 9.97 Å². The van der Waals surface area contributed by atoms with E-state index < -0.39 is 12.5 Å². The fraction of sp³-hybridized carbons (Fsp3) is 0.357. The number of nitrogens with zero attached hydrogens (tertiary/aromatic N) is 3. The van der Waals surface area contributed by atoms with Crippen molar-refractivity contribution in [2.24, 2.45) is 16.5 Å².